The molecule has 0 amide bonds. The summed E-state index contributed by atoms with van der Waals surface area (Å²) in [5, 5.41) is 11.1. The van der Waals surface area contributed by atoms with E-state index < -0.39 is 35.3 Å². The fourth-order valence-electron chi connectivity index (χ4n) is 5.52. The Labute approximate surface area is 240 Å². The van der Waals surface area contributed by atoms with Crippen molar-refractivity contribution in [2.24, 2.45) is 0 Å². The van der Waals surface area contributed by atoms with Crippen LogP contribution in [0.4, 0.5) is 0 Å². The monoisotopic (exact) mass is 570 g/mol. The maximum atomic E-state index is 12.8. The van der Waals surface area contributed by atoms with Crippen molar-refractivity contribution in [3.05, 3.63) is 123 Å². The van der Waals surface area contributed by atoms with Gasteiger partial charge in [-0.25, -0.2) is 14.3 Å². The van der Waals surface area contributed by atoms with Crippen molar-refractivity contribution < 1.29 is 24.1 Å². The summed E-state index contributed by atoms with van der Waals surface area (Å²) in [4.78, 5) is 34.1. The van der Waals surface area contributed by atoms with E-state index in [0.717, 1.165) is 16.7 Å². The van der Waals surface area contributed by atoms with Gasteiger partial charge >= 0.3 is 5.69 Å². The summed E-state index contributed by atoms with van der Waals surface area (Å²) >= 11 is 0. The van der Waals surface area contributed by atoms with Crippen molar-refractivity contribution in [2.45, 2.75) is 30.5 Å². The van der Waals surface area contributed by atoms with Crippen molar-refractivity contribution in [2.75, 3.05) is 20.8 Å². The Kier molecular flexibility index (Phi) is 7.38. The van der Waals surface area contributed by atoms with Crippen LogP contribution < -0.4 is 20.7 Å². The van der Waals surface area contributed by atoms with E-state index in [0.29, 0.717) is 11.5 Å². The molecule has 1 aliphatic heterocycles. The van der Waals surface area contributed by atoms with E-state index in [9.17, 15) is 14.7 Å². The summed E-state index contributed by atoms with van der Waals surface area (Å²) in [6, 6.07) is 25.0. The maximum absolute atomic E-state index is 12.8. The van der Waals surface area contributed by atoms with E-state index in [1.54, 1.807) is 14.2 Å². The Morgan fingerprint density at radius 1 is 0.929 bits per heavy atom. The highest BCUT2D eigenvalue weighted by atomic mass is 16.6. The van der Waals surface area contributed by atoms with Gasteiger partial charge in [-0.05, 0) is 41.0 Å². The molecule has 3 N–H and O–H groups in total. The average molecular weight is 571 g/mol. The number of aromatic nitrogens is 4. The van der Waals surface area contributed by atoms with Gasteiger partial charge < -0.3 is 29.0 Å². The van der Waals surface area contributed by atoms with Crippen LogP contribution in [0.3, 0.4) is 0 Å². The highest BCUT2D eigenvalue weighted by Crippen LogP contribution is 2.42. The molecule has 3 atom stereocenters. The standard InChI is InChI=1S/C31H30N4O7/c1-39-22-12-8-20(9-13-22)31(19-6-4-3-5-7-19,21-10-14-23(40-2)15-11-21)41-17-25-24(36)16-26(42-25)35-28-27(34-30(35)38)29(37)33-18-32-28/h3-15,18,24-26,36H,16-17H2,1-2H3,(H,34,38)(H,32,33,37)/t24-,25+,26+/m0/s1. The number of hydrogen-bond donors (Lipinski definition) is 3. The van der Waals surface area contributed by atoms with Crippen LogP contribution in [0, 0.1) is 0 Å². The highest BCUT2D eigenvalue weighted by molar-refractivity contribution is 5.68. The average Bonchev–Trinajstić information content (AvgIpc) is 3.57. The van der Waals surface area contributed by atoms with Crippen LogP contribution in [-0.2, 0) is 15.1 Å². The zero-order chi connectivity index (χ0) is 29.3. The molecule has 0 unspecified atom stereocenters. The van der Waals surface area contributed by atoms with Crippen LogP contribution >= 0.6 is 0 Å². The Bertz CT molecular complexity index is 1730. The van der Waals surface area contributed by atoms with Gasteiger partial charge in [0, 0.05) is 6.42 Å². The molecule has 5 aromatic rings. The van der Waals surface area contributed by atoms with Gasteiger partial charge in [-0.3, -0.25) is 9.78 Å². The number of aliphatic hydroxyl groups is 1. The molecule has 2 aromatic heterocycles. The van der Waals surface area contributed by atoms with Crippen LogP contribution in [0.2, 0.25) is 0 Å². The van der Waals surface area contributed by atoms with E-state index in [-0.39, 0.29) is 24.2 Å². The predicted molar refractivity (Wildman–Crippen MR) is 154 cm³/mol. The van der Waals surface area contributed by atoms with Crippen LogP contribution in [-0.4, -0.2) is 57.7 Å². The lowest BCUT2D eigenvalue weighted by atomic mass is 9.80. The molecule has 0 radical (unpaired) electrons. The minimum atomic E-state index is -1.10. The van der Waals surface area contributed by atoms with Crippen molar-refractivity contribution in [1.29, 1.82) is 0 Å². The zero-order valence-corrected chi connectivity index (χ0v) is 23.0. The number of aromatic amines is 2. The fourth-order valence-corrected chi connectivity index (χ4v) is 5.52. The lowest BCUT2D eigenvalue weighted by Crippen LogP contribution is -2.38. The maximum Gasteiger partial charge on any atom is 0.329 e. The van der Waals surface area contributed by atoms with Gasteiger partial charge in [-0.2, -0.15) is 0 Å². The highest BCUT2D eigenvalue weighted by Gasteiger charge is 2.42. The third-order valence-corrected chi connectivity index (χ3v) is 7.64. The van der Waals surface area contributed by atoms with Gasteiger partial charge in [0.2, 0.25) is 0 Å². The quantitative estimate of drug-likeness (QED) is 0.230. The number of H-pyrrole nitrogens is 2. The summed E-state index contributed by atoms with van der Waals surface area (Å²) in [5.74, 6) is 1.40. The summed E-state index contributed by atoms with van der Waals surface area (Å²) < 4.78 is 25.1. The second-order valence-electron chi connectivity index (χ2n) is 9.98. The first-order valence-electron chi connectivity index (χ1n) is 13.4. The van der Waals surface area contributed by atoms with Crippen molar-refractivity contribution >= 4 is 11.2 Å². The third-order valence-electron chi connectivity index (χ3n) is 7.64. The van der Waals surface area contributed by atoms with E-state index in [2.05, 4.69) is 15.0 Å². The molecule has 1 saturated heterocycles. The Hall–Kier alpha value is -4.71. The normalized spacial score (nSPS) is 18.8. The first-order valence-corrected chi connectivity index (χ1v) is 13.4. The summed E-state index contributed by atoms with van der Waals surface area (Å²) in [6.45, 7) is -0.0181. The first kappa shape index (κ1) is 27.5. The van der Waals surface area contributed by atoms with Gasteiger partial charge in [-0.15, -0.1) is 0 Å². The van der Waals surface area contributed by atoms with Crippen LogP contribution in [0.25, 0.3) is 11.2 Å². The van der Waals surface area contributed by atoms with E-state index in [1.807, 2.05) is 78.9 Å². The smallest absolute Gasteiger partial charge is 0.329 e. The van der Waals surface area contributed by atoms with Crippen LogP contribution in [0.1, 0.15) is 29.3 Å². The number of hydrogen-bond acceptors (Lipinski definition) is 8. The molecule has 11 heteroatoms. The van der Waals surface area contributed by atoms with Gasteiger partial charge in [0.05, 0.1) is 33.3 Å². The zero-order valence-electron chi connectivity index (χ0n) is 23.0. The number of ether oxygens (including phenoxy) is 4. The summed E-state index contributed by atoms with van der Waals surface area (Å²) in [6.07, 6.45) is -1.25. The van der Waals surface area contributed by atoms with Crippen molar-refractivity contribution in [3.63, 3.8) is 0 Å². The Morgan fingerprint density at radius 2 is 1.52 bits per heavy atom. The number of imidazole rings is 1. The molecule has 216 valence electrons. The minimum absolute atomic E-state index is 0.0181. The van der Waals surface area contributed by atoms with Crippen LogP contribution in [0.15, 0.2) is 94.8 Å². The molecule has 6 rings (SSSR count). The third kappa shape index (κ3) is 4.77. The molecule has 0 bridgehead atoms. The van der Waals surface area contributed by atoms with Crippen molar-refractivity contribution in [3.8, 4) is 11.5 Å². The molecule has 11 nitrogen and oxygen atoms in total. The van der Waals surface area contributed by atoms with E-state index in [4.69, 9.17) is 18.9 Å². The van der Waals surface area contributed by atoms with Gasteiger partial charge in [0.15, 0.2) is 11.2 Å². The largest absolute Gasteiger partial charge is 0.497 e. The predicted octanol–water partition coefficient (Wildman–Crippen LogP) is 3.09. The molecule has 0 spiro atoms. The topological polar surface area (TPSA) is 141 Å². The Morgan fingerprint density at radius 3 is 2.12 bits per heavy atom. The molecular weight excluding hydrogens is 540 g/mol. The molecule has 3 heterocycles. The number of nitrogens with zero attached hydrogens (tertiary/aromatic N) is 2. The SMILES string of the molecule is COc1ccc(C(OC[C@H]2O[C@@H](n3c(=O)[nH]c4c(=O)[nH]cnc43)C[C@@H]2O)(c2ccccc2)c2ccc(OC)cc2)cc1. The van der Waals surface area contributed by atoms with Gasteiger partial charge in [0.25, 0.3) is 5.56 Å². The van der Waals surface area contributed by atoms with E-state index in [1.165, 1.54) is 10.9 Å². The Balaban J connectivity index is 1.39. The van der Waals surface area contributed by atoms with Gasteiger partial charge in [-0.1, -0.05) is 54.6 Å². The van der Waals surface area contributed by atoms with E-state index >= 15 is 0 Å². The lowest BCUT2D eigenvalue weighted by molar-refractivity contribution is -0.0935. The molecule has 3 aromatic carbocycles. The second-order valence-corrected chi connectivity index (χ2v) is 9.98. The minimum Gasteiger partial charge on any atom is -0.497 e. The number of methoxy groups -OCH3 is 2. The molecule has 42 heavy (non-hydrogen) atoms. The number of benzene rings is 3. The summed E-state index contributed by atoms with van der Waals surface area (Å²) in [5.41, 5.74) is 0.595. The number of rotatable bonds is 9. The summed E-state index contributed by atoms with van der Waals surface area (Å²) in [7, 11) is 3.22. The number of nitrogens with one attached hydrogen (secondary N) is 2. The number of aliphatic hydroxyl groups excluding tert-OH is 1. The van der Waals surface area contributed by atoms with Crippen LogP contribution in [0.5, 0.6) is 11.5 Å². The van der Waals surface area contributed by atoms with Crippen molar-refractivity contribution in [1.82, 2.24) is 19.5 Å². The number of fused-ring (bicyclic) bond motifs is 1. The lowest BCUT2D eigenvalue weighted by Gasteiger charge is -2.37. The molecule has 0 saturated carbocycles. The molecular formula is C31H30N4O7. The van der Waals surface area contributed by atoms with Gasteiger partial charge in [0.1, 0.15) is 29.4 Å². The second kappa shape index (κ2) is 11.3. The molecule has 0 aliphatic carbocycles. The fraction of sp³-hybridized carbons (Fsp3) is 0.258. The molecule has 1 fully saturated rings. The molecule has 1 aliphatic rings. The first-order chi connectivity index (χ1) is 20.4.